The molecule has 3 radical (unpaired) electrons. The van der Waals surface area contributed by atoms with Crippen LogP contribution in [-0.4, -0.2) is 61.1 Å². The van der Waals surface area contributed by atoms with Crippen LogP contribution in [0.3, 0.4) is 0 Å². The first-order valence-corrected chi connectivity index (χ1v) is 16.6. The molecular formula is C15H28BO14P4Y-3. The van der Waals surface area contributed by atoms with Crippen LogP contribution in [0.1, 0.15) is 27.7 Å². The van der Waals surface area contributed by atoms with Gasteiger partial charge >= 0.3 is 15.6 Å². The molecule has 2 heterocycles. The summed E-state index contributed by atoms with van der Waals surface area (Å²) in [6.45, 7) is 6.12. The zero-order chi connectivity index (χ0) is 26.1. The Morgan fingerprint density at radius 3 is 1.69 bits per heavy atom. The van der Waals surface area contributed by atoms with E-state index >= 15 is 0 Å². The van der Waals surface area contributed by atoms with Crippen LogP contribution < -0.4 is 9.79 Å². The Bertz CT molecular complexity index is 909. The van der Waals surface area contributed by atoms with Crippen LogP contribution in [0.25, 0.3) is 0 Å². The summed E-state index contributed by atoms with van der Waals surface area (Å²) < 4.78 is 75.9. The maximum atomic E-state index is 12.0. The van der Waals surface area contributed by atoms with Crippen LogP contribution in [0.5, 0.6) is 0 Å². The second-order valence-corrected chi connectivity index (χ2v) is 15.6. The van der Waals surface area contributed by atoms with E-state index in [1.165, 1.54) is 0 Å². The molecule has 2 rings (SSSR count). The third-order valence-electron chi connectivity index (χ3n) is 5.56. The van der Waals surface area contributed by atoms with Gasteiger partial charge in [0.15, 0.2) is 15.2 Å². The molecular weight excluding hydrogens is 628 g/mol. The second-order valence-electron chi connectivity index (χ2n) is 8.34. The van der Waals surface area contributed by atoms with Gasteiger partial charge in [-0.25, -0.2) is 17.8 Å². The van der Waals surface area contributed by atoms with E-state index in [9.17, 15) is 37.8 Å². The first-order valence-electron chi connectivity index (χ1n) is 10.2. The number of hydrogen-bond donors (Lipinski definition) is 2. The van der Waals surface area contributed by atoms with Gasteiger partial charge in [0.25, 0.3) is 0 Å². The van der Waals surface area contributed by atoms with Crippen molar-refractivity contribution in [3.8, 4) is 0 Å². The Hall–Kier alpha value is 1.69. The van der Waals surface area contributed by atoms with Crippen molar-refractivity contribution in [2.45, 2.75) is 52.0 Å². The molecule has 0 aromatic heterocycles. The van der Waals surface area contributed by atoms with E-state index in [1.807, 2.05) is 13.8 Å². The molecule has 0 aromatic rings. The second kappa shape index (κ2) is 13.4. The van der Waals surface area contributed by atoms with E-state index in [0.29, 0.717) is 0 Å². The number of rotatable bonds is 12. The SMILES string of the molecule is [B][C@H]1[CH-]C(C)[C@@H](COP(=O)(O)OP(=O)([O-])CP(=O)([O-])OP(=O)(O)OC[C@H]2O[C@@H](C)C(C)[C@H]2C)O1.[Y]. The third kappa shape index (κ3) is 11.4. The predicted molar refractivity (Wildman–Crippen MR) is 114 cm³/mol. The summed E-state index contributed by atoms with van der Waals surface area (Å²) in [6.07, 6.45) is 0.0296. The Kier molecular flexibility index (Phi) is 13.3. The van der Waals surface area contributed by atoms with Crippen LogP contribution in [0.2, 0.25) is 0 Å². The zero-order valence-corrected chi connectivity index (χ0v) is 25.9. The van der Waals surface area contributed by atoms with E-state index in [-0.39, 0.29) is 56.6 Å². The van der Waals surface area contributed by atoms with E-state index in [0.717, 1.165) is 0 Å². The molecule has 2 aliphatic rings. The smallest absolute Gasteiger partial charge is 0.477 e. The molecule has 0 amide bonds. The largest absolute Gasteiger partial charge is 0.778 e. The van der Waals surface area contributed by atoms with Gasteiger partial charge in [-0.15, -0.1) is 5.92 Å². The predicted octanol–water partition coefficient (Wildman–Crippen LogP) is 1.11. The van der Waals surface area contributed by atoms with Crippen molar-refractivity contribution in [2.24, 2.45) is 17.8 Å². The van der Waals surface area contributed by atoms with Crippen LogP contribution >= 0.6 is 30.8 Å². The van der Waals surface area contributed by atoms with Crippen molar-refractivity contribution in [3.05, 3.63) is 6.42 Å². The molecule has 14 nitrogen and oxygen atoms in total. The minimum Gasteiger partial charge on any atom is -0.778 e. The minimum absolute atomic E-state index is 0. The zero-order valence-electron chi connectivity index (χ0n) is 19.5. The van der Waals surface area contributed by atoms with Gasteiger partial charge in [-0.2, -0.15) is 0 Å². The Labute approximate surface area is 230 Å². The van der Waals surface area contributed by atoms with E-state index in [4.69, 9.17) is 17.3 Å². The molecule has 11 atom stereocenters. The first kappa shape index (κ1) is 34.7. The standard InChI is InChI=1S/C15H30BO14P4.Y/c1-9-5-15(16)28-13(9)6-25-33(21,22)29-31(17,18)8-32(19,20)30-34(23,24)26-7-14-11(3)10(2)12(4)27-14;/h5,9-15H,6-8H2,1-4H3,(H,17,18)(H,19,20)(H,21,22)(H,23,24);/q-1;/p-2/t9?,10?,11-,12+,13-,14-,15-;/m1./s1. The van der Waals surface area contributed by atoms with Crippen LogP contribution in [0.4, 0.5) is 0 Å². The van der Waals surface area contributed by atoms with Gasteiger partial charge in [0.05, 0.1) is 45.3 Å². The van der Waals surface area contributed by atoms with Gasteiger partial charge in [0, 0.05) is 32.7 Å². The fraction of sp³-hybridized carbons (Fsp3) is 0.933. The van der Waals surface area contributed by atoms with Gasteiger partial charge in [-0.1, -0.05) is 26.8 Å². The summed E-state index contributed by atoms with van der Waals surface area (Å²) in [5, 5.41) is 0. The summed E-state index contributed by atoms with van der Waals surface area (Å²) in [6, 6.07) is -0.747. The Balaban J connectivity index is 0.00000612. The molecule has 6 unspecified atom stereocenters. The fourth-order valence-electron chi connectivity index (χ4n) is 3.43. The molecule has 2 N–H and O–H groups in total. The molecule has 0 bridgehead atoms. The quantitative estimate of drug-likeness (QED) is 0.171. The Morgan fingerprint density at radius 2 is 1.31 bits per heavy atom. The maximum absolute atomic E-state index is 12.0. The third-order valence-corrected chi connectivity index (χ3v) is 12.9. The van der Waals surface area contributed by atoms with Crippen molar-refractivity contribution < 1.29 is 97.7 Å². The summed E-state index contributed by atoms with van der Waals surface area (Å²) >= 11 is 0. The number of phosphoric ester groups is 2. The molecule has 0 spiro atoms. The van der Waals surface area contributed by atoms with Crippen LogP contribution in [-0.2, 0) is 78.1 Å². The minimum atomic E-state index is -5.65. The van der Waals surface area contributed by atoms with Gasteiger partial charge in [-0.3, -0.25) is 9.05 Å². The first-order chi connectivity index (χ1) is 15.3. The molecule has 0 saturated carbocycles. The van der Waals surface area contributed by atoms with Crippen LogP contribution in [0, 0.1) is 24.2 Å². The van der Waals surface area contributed by atoms with E-state index in [2.05, 4.69) is 17.7 Å². The summed E-state index contributed by atoms with van der Waals surface area (Å²) in [5.74, 6) is -2.26. The average molecular weight is 656 g/mol. The number of phosphoric acid groups is 2. The topological polar surface area (TPSA) is 210 Å². The van der Waals surface area contributed by atoms with Crippen molar-refractivity contribution >= 4 is 38.7 Å². The number of ether oxygens (including phenoxy) is 2. The normalized spacial score (nSPS) is 38.0. The van der Waals surface area contributed by atoms with Crippen molar-refractivity contribution in [3.63, 3.8) is 0 Å². The maximum Gasteiger partial charge on any atom is 0.477 e. The van der Waals surface area contributed by atoms with E-state index in [1.54, 1.807) is 20.3 Å². The molecule has 20 heteroatoms. The van der Waals surface area contributed by atoms with Crippen LogP contribution in [0.15, 0.2) is 0 Å². The summed E-state index contributed by atoms with van der Waals surface area (Å²) in [5.41, 5.74) is 0. The van der Waals surface area contributed by atoms with Gasteiger partial charge < -0.3 is 44.6 Å². The Morgan fingerprint density at radius 1 is 0.857 bits per heavy atom. The molecule has 201 valence electrons. The van der Waals surface area contributed by atoms with Crippen molar-refractivity contribution in [1.29, 1.82) is 0 Å². The van der Waals surface area contributed by atoms with Gasteiger partial charge in [0.1, 0.15) is 0 Å². The molecule has 0 aliphatic carbocycles. The molecule has 0 aromatic carbocycles. The van der Waals surface area contributed by atoms with Gasteiger partial charge in [0.2, 0.25) is 0 Å². The monoisotopic (exact) mass is 656 g/mol. The molecule has 2 fully saturated rings. The molecule has 2 saturated heterocycles. The van der Waals surface area contributed by atoms with Crippen molar-refractivity contribution in [1.82, 2.24) is 0 Å². The fourth-order valence-corrected chi connectivity index (χ4v) is 10.0. The average Bonchev–Trinajstić information content (AvgIpc) is 3.07. The number of hydrogen-bond acceptors (Lipinski definition) is 12. The molecule has 35 heavy (non-hydrogen) atoms. The summed E-state index contributed by atoms with van der Waals surface area (Å²) in [7, 11) is -16.3. The molecule has 2 aliphatic heterocycles. The summed E-state index contributed by atoms with van der Waals surface area (Å²) in [4.78, 5) is 43.3. The van der Waals surface area contributed by atoms with Gasteiger partial charge in [-0.05, 0) is 18.8 Å². The van der Waals surface area contributed by atoms with Crippen molar-refractivity contribution in [2.75, 3.05) is 19.1 Å². The van der Waals surface area contributed by atoms with E-state index < -0.39 is 68.2 Å².